The Labute approximate surface area is 117 Å². The second-order valence-corrected chi connectivity index (χ2v) is 8.05. The standard InChI is InChI=1S/C17H28N2/c1-12(19-5-3-2-4-16(19)18)17-9-13-6-14(10-17)8-15(7-13)11-17/h12-15,18H,2-11H2,1H3. The lowest BCUT2D eigenvalue weighted by Gasteiger charge is -2.61. The van der Waals surface area contributed by atoms with E-state index in [9.17, 15) is 0 Å². The molecule has 5 fully saturated rings. The first kappa shape index (κ1) is 12.2. The maximum Gasteiger partial charge on any atom is 0.0960 e. The fraction of sp³-hybridized carbons (Fsp3) is 0.941. The summed E-state index contributed by atoms with van der Waals surface area (Å²) in [6.07, 6.45) is 12.6. The summed E-state index contributed by atoms with van der Waals surface area (Å²) in [7, 11) is 0. The summed E-state index contributed by atoms with van der Waals surface area (Å²) in [6, 6.07) is 0.633. The minimum atomic E-state index is 0.582. The largest absolute Gasteiger partial charge is 0.357 e. The third-order valence-corrected chi connectivity index (χ3v) is 6.85. The summed E-state index contributed by atoms with van der Waals surface area (Å²) in [5, 5.41) is 8.31. The minimum absolute atomic E-state index is 0.582. The predicted octanol–water partition coefficient (Wildman–Crippen LogP) is 4.05. The highest BCUT2D eigenvalue weighted by atomic mass is 15.2. The molecule has 5 aliphatic rings. The van der Waals surface area contributed by atoms with Crippen LogP contribution >= 0.6 is 0 Å². The van der Waals surface area contributed by atoms with Crippen molar-refractivity contribution in [2.45, 2.75) is 70.8 Å². The Morgan fingerprint density at radius 3 is 2.16 bits per heavy atom. The number of rotatable bonds is 2. The van der Waals surface area contributed by atoms with Crippen molar-refractivity contribution >= 4 is 5.84 Å². The fourth-order valence-corrected chi connectivity index (χ4v) is 6.30. The van der Waals surface area contributed by atoms with Gasteiger partial charge in [0.15, 0.2) is 0 Å². The molecule has 5 rings (SSSR count). The molecule has 19 heavy (non-hydrogen) atoms. The van der Waals surface area contributed by atoms with Crippen molar-refractivity contribution < 1.29 is 0 Å². The van der Waals surface area contributed by atoms with Crippen molar-refractivity contribution in [3.05, 3.63) is 0 Å². The molecule has 2 nitrogen and oxygen atoms in total. The summed E-state index contributed by atoms with van der Waals surface area (Å²) in [5.41, 5.74) is 0.582. The van der Waals surface area contributed by atoms with Gasteiger partial charge in [0.05, 0.1) is 5.84 Å². The molecule has 2 heteroatoms. The molecule has 1 heterocycles. The zero-order valence-electron chi connectivity index (χ0n) is 12.3. The van der Waals surface area contributed by atoms with Gasteiger partial charge in [-0.2, -0.15) is 0 Å². The molecule has 0 amide bonds. The Morgan fingerprint density at radius 1 is 1.05 bits per heavy atom. The van der Waals surface area contributed by atoms with Crippen LogP contribution in [-0.4, -0.2) is 23.3 Å². The monoisotopic (exact) mass is 260 g/mol. The van der Waals surface area contributed by atoms with Gasteiger partial charge in [0.2, 0.25) is 0 Å². The van der Waals surface area contributed by atoms with Crippen molar-refractivity contribution in [3.63, 3.8) is 0 Å². The van der Waals surface area contributed by atoms with Crippen LogP contribution in [0.4, 0.5) is 0 Å². The van der Waals surface area contributed by atoms with Crippen molar-refractivity contribution in [3.8, 4) is 0 Å². The van der Waals surface area contributed by atoms with Gasteiger partial charge >= 0.3 is 0 Å². The normalized spacial score (nSPS) is 46.7. The molecule has 4 aliphatic carbocycles. The van der Waals surface area contributed by atoms with Crippen LogP contribution < -0.4 is 0 Å². The van der Waals surface area contributed by atoms with Gasteiger partial charge in [-0.15, -0.1) is 0 Å². The molecule has 106 valence electrons. The van der Waals surface area contributed by atoms with Gasteiger partial charge < -0.3 is 4.90 Å². The van der Waals surface area contributed by atoms with Crippen LogP contribution in [0, 0.1) is 28.6 Å². The van der Waals surface area contributed by atoms with Crippen LogP contribution in [0.3, 0.4) is 0 Å². The molecule has 1 N–H and O–H groups in total. The number of likely N-dealkylation sites (tertiary alicyclic amines) is 1. The third kappa shape index (κ3) is 1.86. The number of nitrogens with one attached hydrogen (secondary N) is 1. The van der Waals surface area contributed by atoms with Crippen LogP contribution in [0.2, 0.25) is 0 Å². The Bertz CT molecular complexity index is 351. The van der Waals surface area contributed by atoms with Crippen LogP contribution in [0.15, 0.2) is 0 Å². The molecule has 0 aromatic rings. The highest BCUT2D eigenvalue weighted by Gasteiger charge is 2.54. The van der Waals surface area contributed by atoms with E-state index in [1.165, 1.54) is 51.4 Å². The van der Waals surface area contributed by atoms with E-state index in [4.69, 9.17) is 5.41 Å². The zero-order valence-corrected chi connectivity index (χ0v) is 12.3. The lowest BCUT2D eigenvalue weighted by molar-refractivity contribution is -0.0869. The van der Waals surface area contributed by atoms with E-state index in [0.717, 1.165) is 36.6 Å². The maximum absolute atomic E-state index is 8.31. The van der Waals surface area contributed by atoms with E-state index in [0.29, 0.717) is 11.5 Å². The van der Waals surface area contributed by atoms with Crippen molar-refractivity contribution in [2.75, 3.05) is 6.54 Å². The Kier molecular flexibility index (Phi) is 2.72. The lowest BCUT2D eigenvalue weighted by Crippen LogP contribution is -2.57. The quantitative estimate of drug-likeness (QED) is 0.796. The molecular formula is C17H28N2. The number of amidine groups is 1. The first-order valence-corrected chi connectivity index (χ1v) is 8.50. The summed E-state index contributed by atoms with van der Waals surface area (Å²) in [6.45, 7) is 3.61. The second-order valence-electron chi connectivity index (χ2n) is 8.05. The Hall–Kier alpha value is -0.530. The molecular weight excluding hydrogens is 232 g/mol. The fourth-order valence-electron chi connectivity index (χ4n) is 6.30. The molecule has 0 radical (unpaired) electrons. The molecule has 1 unspecified atom stereocenters. The van der Waals surface area contributed by atoms with Crippen LogP contribution in [0.5, 0.6) is 0 Å². The maximum atomic E-state index is 8.31. The Morgan fingerprint density at radius 2 is 1.63 bits per heavy atom. The van der Waals surface area contributed by atoms with E-state index in [2.05, 4.69) is 11.8 Å². The van der Waals surface area contributed by atoms with E-state index < -0.39 is 0 Å². The van der Waals surface area contributed by atoms with Gasteiger partial charge in [0, 0.05) is 19.0 Å². The van der Waals surface area contributed by atoms with Crippen LogP contribution in [0.1, 0.15) is 64.7 Å². The topological polar surface area (TPSA) is 27.1 Å². The minimum Gasteiger partial charge on any atom is -0.357 e. The van der Waals surface area contributed by atoms with Gasteiger partial charge in [0.1, 0.15) is 0 Å². The Balaban J connectivity index is 1.58. The molecule has 4 bridgehead atoms. The molecule has 0 aromatic carbocycles. The number of hydrogen-bond acceptors (Lipinski definition) is 1. The van der Waals surface area contributed by atoms with Crippen molar-refractivity contribution in [1.29, 1.82) is 5.41 Å². The molecule has 0 spiro atoms. The molecule has 1 atom stereocenters. The van der Waals surface area contributed by atoms with Gasteiger partial charge in [-0.1, -0.05) is 0 Å². The second kappa shape index (κ2) is 4.23. The van der Waals surface area contributed by atoms with E-state index >= 15 is 0 Å². The van der Waals surface area contributed by atoms with E-state index in [1.54, 1.807) is 0 Å². The smallest absolute Gasteiger partial charge is 0.0960 e. The highest BCUT2D eigenvalue weighted by Crippen LogP contribution is 2.62. The average molecular weight is 260 g/mol. The number of nitrogens with zero attached hydrogens (tertiary/aromatic N) is 1. The van der Waals surface area contributed by atoms with E-state index in [-0.39, 0.29) is 0 Å². The average Bonchev–Trinajstić information content (AvgIpc) is 2.37. The summed E-state index contributed by atoms with van der Waals surface area (Å²) >= 11 is 0. The van der Waals surface area contributed by atoms with Crippen LogP contribution in [-0.2, 0) is 0 Å². The SMILES string of the molecule is CC(N1CCCCC1=N)C12CC3CC(CC(C3)C1)C2. The van der Waals surface area contributed by atoms with Gasteiger partial charge in [-0.25, -0.2) is 0 Å². The lowest BCUT2D eigenvalue weighted by atomic mass is 9.47. The molecule has 1 saturated heterocycles. The third-order valence-electron chi connectivity index (χ3n) is 6.85. The van der Waals surface area contributed by atoms with Gasteiger partial charge in [-0.3, -0.25) is 5.41 Å². The molecule has 4 saturated carbocycles. The van der Waals surface area contributed by atoms with Crippen molar-refractivity contribution in [1.82, 2.24) is 4.90 Å². The van der Waals surface area contributed by atoms with E-state index in [1.807, 2.05) is 0 Å². The zero-order chi connectivity index (χ0) is 13.0. The molecule has 1 aliphatic heterocycles. The van der Waals surface area contributed by atoms with Gasteiger partial charge in [0.25, 0.3) is 0 Å². The van der Waals surface area contributed by atoms with Crippen LogP contribution in [0.25, 0.3) is 0 Å². The summed E-state index contributed by atoms with van der Waals surface area (Å²) in [5.74, 6) is 4.04. The first-order chi connectivity index (χ1) is 9.16. The summed E-state index contributed by atoms with van der Waals surface area (Å²) < 4.78 is 0. The molecule has 0 aromatic heterocycles. The number of hydrogen-bond donors (Lipinski definition) is 1. The summed E-state index contributed by atoms with van der Waals surface area (Å²) in [4.78, 5) is 2.48. The number of piperidine rings is 1. The predicted molar refractivity (Wildman–Crippen MR) is 78.4 cm³/mol. The first-order valence-electron chi connectivity index (χ1n) is 8.50. The van der Waals surface area contributed by atoms with Crippen molar-refractivity contribution in [2.24, 2.45) is 23.2 Å². The highest BCUT2D eigenvalue weighted by molar-refractivity contribution is 5.80. The van der Waals surface area contributed by atoms with Gasteiger partial charge in [-0.05, 0) is 81.5 Å².